The highest BCUT2D eigenvalue weighted by atomic mass is 19.1. The number of hydrogen-bond donors (Lipinski definition) is 2. The number of nitrogens with two attached hydrogens (primary N) is 1. The molecule has 70 valence electrons. The summed E-state index contributed by atoms with van der Waals surface area (Å²) in [7, 11) is 0. The van der Waals surface area contributed by atoms with Gasteiger partial charge < -0.3 is 10.8 Å². The Hall–Kier alpha value is -1.49. The Morgan fingerprint density at radius 1 is 1.69 bits per heavy atom. The van der Waals surface area contributed by atoms with Crippen molar-refractivity contribution in [1.82, 2.24) is 4.98 Å². The van der Waals surface area contributed by atoms with E-state index in [0.29, 0.717) is 5.69 Å². The first-order valence-electron chi connectivity index (χ1n) is 3.68. The third kappa shape index (κ3) is 2.79. The molecule has 0 aliphatic carbocycles. The number of nitrogens with zero attached hydrogens (tertiary/aromatic N) is 1. The van der Waals surface area contributed by atoms with Gasteiger partial charge in [-0.05, 0) is 12.1 Å². The molecule has 0 fully saturated rings. The molecule has 0 radical (unpaired) electrons. The summed E-state index contributed by atoms with van der Waals surface area (Å²) in [6.45, 7) is 0. The highest BCUT2D eigenvalue weighted by molar-refractivity contribution is 5.67. The fourth-order valence-electron chi connectivity index (χ4n) is 0.899. The van der Waals surface area contributed by atoms with Gasteiger partial charge in [0.25, 0.3) is 0 Å². The number of carboxylic acids is 1. The van der Waals surface area contributed by atoms with Gasteiger partial charge in [-0.3, -0.25) is 9.78 Å². The Morgan fingerprint density at radius 3 is 2.85 bits per heavy atom. The average Bonchev–Trinajstić information content (AvgIpc) is 2.04. The zero-order chi connectivity index (χ0) is 9.84. The van der Waals surface area contributed by atoms with Crippen LogP contribution in [0.25, 0.3) is 0 Å². The van der Waals surface area contributed by atoms with Gasteiger partial charge in [-0.25, -0.2) is 4.39 Å². The lowest BCUT2D eigenvalue weighted by molar-refractivity contribution is -0.137. The first kappa shape index (κ1) is 9.60. The van der Waals surface area contributed by atoms with E-state index in [9.17, 15) is 9.18 Å². The smallest absolute Gasteiger partial charge is 0.305 e. The maximum absolute atomic E-state index is 12.4. The second-order valence-corrected chi connectivity index (χ2v) is 2.61. The lowest BCUT2D eigenvalue weighted by atomic mass is 10.1. The van der Waals surface area contributed by atoms with Gasteiger partial charge in [0.05, 0.1) is 24.4 Å². The molecular formula is C8H9FN2O2. The van der Waals surface area contributed by atoms with Crippen LogP contribution in [0, 0.1) is 5.82 Å². The van der Waals surface area contributed by atoms with Gasteiger partial charge in [0.15, 0.2) is 0 Å². The molecule has 4 nitrogen and oxygen atoms in total. The van der Waals surface area contributed by atoms with Gasteiger partial charge in [0.2, 0.25) is 0 Å². The summed E-state index contributed by atoms with van der Waals surface area (Å²) in [4.78, 5) is 13.9. The summed E-state index contributed by atoms with van der Waals surface area (Å²) in [5, 5.41) is 8.42. The molecule has 0 saturated carbocycles. The summed E-state index contributed by atoms with van der Waals surface area (Å²) in [6, 6.07) is 1.89. The van der Waals surface area contributed by atoms with Gasteiger partial charge in [-0.1, -0.05) is 0 Å². The van der Waals surface area contributed by atoms with E-state index in [2.05, 4.69) is 4.98 Å². The molecule has 1 atom stereocenters. The monoisotopic (exact) mass is 184 g/mol. The molecule has 0 aliphatic heterocycles. The molecule has 0 spiro atoms. The van der Waals surface area contributed by atoms with Crippen molar-refractivity contribution in [2.45, 2.75) is 12.5 Å². The Bertz CT molecular complexity index is 300. The number of rotatable bonds is 3. The van der Waals surface area contributed by atoms with Crippen LogP contribution in [0.3, 0.4) is 0 Å². The van der Waals surface area contributed by atoms with Crippen molar-refractivity contribution in [2.24, 2.45) is 5.73 Å². The van der Waals surface area contributed by atoms with Crippen molar-refractivity contribution in [3.05, 3.63) is 29.8 Å². The second-order valence-electron chi connectivity index (χ2n) is 2.61. The van der Waals surface area contributed by atoms with Gasteiger partial charge in [-0.2, -0.15) is 0 Å². The molecule has 1 aromatic heterocycles. The maximum atomic E-state index is 12.4. The third-order valence-corrected chi connectivity index (χ3v) is 1.52. The Morgan fingerprint density at radius 2 is 2.38 bits per heavy atom. The summed E-state index contributed by atoms with van der Waals surface area (Å²) < 4.78 is 12.4. The standard InChI is InChI=1S/C8H9FN2O2/c9-5-1-2-7(11-4-5)6(10)3-8(12)13/h1-2,4,6H,3,10H2,(H,12,13)/t6-/m0/s1. The molecule has 0 amide bonds. The van der Waals surface area contributed by atoms with Crippen LogP contribution in [0.5, 0.6) is 0 Å². The Kier molecular flexibility index (Phi) is 2.92. The van der Waals surface area contributed by atoms with Crippen LogP contribution in [-0.4, -0.2) is 16.1 Å². The molecule has 0 bridgehead atoms. The number of carbonyl (C=O) groups is 1. The molecule has 3 N–H and O–H groups in total. The van der Waals surface area contributed by atoms with Crippen LogP contribution >= 0.6 is 0 Å². The van der Waals surface area contributed by atoms with E-state index in [-0.39, 0.29) is 6.42 Å². The molecular weight excluding hydrogens is 175 g/mol. The van der Waals surface area contributed by atoms with E-state index in [1.54, 1.807) is 0 Å². The largest absolute Gasteiger partial charge is 0.481 e. The van der Waals surface area contributed by atoms with Gasteiger partial charge in [0, 0.05) is 0 Å². The van der Waals surface area contributed by atoms with Crippen LogP contribution in [-0.2, 0) is 4.79 Å². The highest BCUT2D eigenvalue weighted by Gasteiger charge is 2.11. The number of aromatic nitrogens is 1. The third-order valence-electron chi connectivity index (χ3n) is 1.52. The van der Waals surface area contributed by atoms with Crippen LogP contribution in [0.15, 0.2) is 18.3 Å². The molecule has 5 heteroatoms. The zero-order valence-corrected chi connectivity index (χ0v) is 6.77. The second kappa shape index (κ2) is 3.95. The van der Waals surface area contributed by atoms with Crippen molar-refractivity contribution in [2.75, 3.05) is 0 Å². The van der Waals surface area contributed by atoms with Crippen molar-refractivity contribution < 1.29 is 14.3 Å². The van der Waals surface area contributed by atoms with Crippen LogP contribution in [0.1, 0.15) is 18.2 Å². The normalized spacial score (nSPS) is 12.5. The molecule has 0 aromatic carbocycles. The molecule has 1 heterocycles. The van der Waals surface area contributed by atoms with Crippen LogP contribution in [0.4, 0.5) is 4.39 Å². The molecule has 1 aromatic rings. The van der Waals surface area contributed by atoms with Gasteiger partial charge >= 0.3 is 5.97 Å². The number of halogens is 1. The van der Waals surface area contributed by atoms with Crippen molar-refractivity contribution in [3.63, 3.8) is 0 Å². The molecule has 1 rings (SSSR count). The number of pyridine rings is 1. The van der Waals surface area contributed by atoms with E-state index < -0.39 is 17.8 Å². The average molecular weight is 184 g/mol. The fraction of sp³-hybridized carbons (Fsp3) is 0.250. The van der Waals surface area contributed by atoms with Gasteiger partial charge in [-0.15, -0.1) is 0 Å². The number of hydrogen-bond acceptors (Lipinski definition) is 3. The maximum Gasteiger partial charge on any atom is 0.305 e. The summed E-state index contributed by atoms with van der Waals surface area (Å²) in [6.07, 6.45) is 0.801. The Balaban J connectivity index is 2.71. The minimum absolute atomic E-state index is 0.210. The fourth-order valence-corrected chi connectivity index (χ4v) is 0.899. The summed E-state index contributed by atoms with van der Waals surface area (Å²) >= 11 is 0. The number of carboxylic acid groups (broad SMARTS) is 1. The van der Waals surface area contributed by atoms with E-state index in [4.69, 9.17) is 10.8 Å². The van der Waals surface area contributed by atoms with E-state index in [1.807, 2.05) is 0 Å². The van der Waals surface area contributed by atoms with Crippen molar-refractivity contribution in [1.29, 1.82) is 0 Å². The first-order valence-corrected chi connectivity index (χ1v) is 3.68. The highest BCUT2D eigenvalue weighted by Crippen LogP contribution is 2.10. The van der Waals surface area contributed by atoms with E-state index in [1.165, 1.54) is 12.1 Å². The molecule has 13 heavy (non-hydrogen) atoms. The first-order chi connectivity index (χ1) is 6.09. The minimum Gasteiger partial charge on any atom is -0.481 e. The van der Waals surface area contributed by atoms with Crippen LogP contribution < -0.4 is 5.73 Å². The van der Waals surface area contributed by atoms with E-state index >= 15 is 0 Å². The number of aliphatic carboxylic acids is 1. The molecule has 0 aliphatic rings. The lowest BCUT2D eigenvalue weighted by Crippen LogP contribution is -2.16. The topological polar surface area (TPSA) is 76.2 Å². The van der Waals surface area contributed by atoms with Gasteiger partial charge in [0.1, 0.15) is 5.82 Å². The Labute approximate surface area is 74.2 Å². The predicted octanol–water partition coefficient (Wildman–Crippen LogP) is 0.695. The zero-order valence-electron chi connectivity index (χ0n) is 6.77. The molecule has 0 unspecified atom stereocenters. The van der Waals surface area contributed by atoms with Crippen molar-refractivity contribution in [3.8, 4) is 0 Å². The van der Waals surface area contributed by atoms with E-state index in [0.717, 1.165) is 6.20 Å². The quantitative estimate of drug-likeness (QED) is 0.724. The summed E-state index contributed by atoms with van der Waals surface area (Å²) in [5.74, 6) is -1.47. The summed E-state index contributed by atoms with van der Waals surface area (Å²) in [5.41, 5.74) is 5.86. The van der Waals surface area contributed by atoms with Crippen molar-refractivity contribution >= 4 is 5.97 Å². The lowest BCUT2D eigenvalue weighted by Gasteiger charge is -2.06. The SMILES string of the molecule is N[C@@H](CC(=O)O)c1ccc(F)cn1. The molecule has 0 saturated heterocycles. The predicted molar refractivity (Wildman–Crippen MR) is 43.4 cm³/mol. The van der Waals surface area contributed by atoms with Crippen LogP contribution in [0.2, 0.25) is 0 Å². The minimum atomic E-state index is -1.00.